The van der Waals surface area contributed by atoms with Crippen LogP contribution in [0.15, 0.2) is 71.6 Å². The van der Waals surface area contributed by atoms with E-state index in [9.17, 15) is 18.0 Å². The molecule has 2 amide bonds. The van der Waals surface area contributed by atoms with Gasteiger partial charge in [-0.2, -0.15) is 4.72 Å². The van der Waals surface area contributed by atoms with Crippen LogP contribution in [-0.4, -0.2) is 26.3 Å². The lowest BCUT2D eigenvalue weighted by molar-refractivity contribution is -0.117. The molecule has 0 spiro atoms. The zero-order valence-electron chi connectivity index (χ0n) is 18.8. The van der Waals surface area contributed by atoms with E-state index in [-0.39, 0.29) is 11.3 Å². The Balaban J connectivity index is 1.91. The first-order chi connectivity index (χ1) is 15.6. The summed E-state index contributed by atoms with van der Waals surface area (Å²) in [7, 11) is -3.98. The molecule has 0 saturated heterocycles. The number of sulfonamides is 1. The van der Waals surface area contributed by atoms with Crippen LogP contribution in [0.3, 0.4) is 0 Å². The molecule has 0 saturated carbocycles. The maximum atomic E-state index is 13.3. The van der Waals surface area contributed by atoms with Gasteiger partial charge in [0.25, 0.3) is 0 Å². The summed E-state index contributed by atoms with van der Waals surface area (Å²) in [6, 6.07) is 17.8. The number of rotatable bonds is 8. The molecule has 0 aliphatic carbocycles. The second-order valence-electron chi connectivity index (χ2n) is 8.02. The maximum Gasteiger partial charge on any atom is 0.248 e. The highest BCUT2D eigenvalue weighted by atomic mass is 32.2. The number of nitrogens with two attached hydrogens (primary N) is 1. The van der Waals surface area contributed by atoms with Crippen molar-refractivity contribution in [1.82, 2.24) is 4.72 Å². The van der Waals surface area contributed by atoms with Crippen molar-refractivity contribution in [2.24, 2.45) is 5.73 Å². The van der Waals surface area contributed by atoms with Gasteiger partial charge >= 0.3 is 0 Å². The lowest BCUT2D eigenvalue weighted by Gasteiger charge is -2.21. The van der Waals surface area contributed by atoms with Gasteiger partial charge in [-0.05, 0) is 68.1 Å². The highest BCUT2D eigenvalue weighted by molar-refractivity contribution is 7.89. The number of hydrogen-bond donors (Lipinski definition) is 3. The van der Waals surface area contributed by atoms with Gasteiger partial charge in [-0.3, -0.25) is 9.59 Å². The van der Waals surface area contributed by atoms with Gasteiger partial charge in [0.2, 0.25) is 21.8 Å². The fourth-order valence-electron chi connectivity index (χ4n) is 3.82. The van der Waals surface area contributed by atoms with Gasteiger partial charge < -0.3 is 11.1 Å². The molecule has 0 fully saturated rings. The predicted molar refractivity (Wildman–Crippen MR) is 128 cm³/mol. The number of primary amides is 1. The first kappa shape index (κ1) is 24.2. The van der Waals surface area contributed by atoms with E-state index in [1.807, 2.05) is 37.3 Å². The minimum Gasteiger partial charge on any atom is -0.366 e. The number of nitrogens with one attached hydrogen (secondary N) is 2. The molecule has 0 aliphatic heterocycles. The molecule has 8 heteroatoms. The van der Waals surface area contributed by atoms with Crippen LogP contribution in [0.25, 0.3) is 0 Å². The first-order valence-corrected chi connectivity index (χ1v) is 11.9. The van der Waals surface area contributed by atoms with Crippen molar-refractivity contribution in [2.75, 3.05) is 5.32 Å². The van der Waals surface area contributed by atoms with Crippen molar-refractivity contribution < 1.29 is 18.0 Å². The molecule has 0 bridgehead atoms. The molecule has 4 N–H and O–H groups in total. The third-order valence-corrected chi connectivity index (χ3v) is 6.98. The van der Waals surface area contributed by atoms with Crippen molar-refractivity contribution >= 4 is 27.5 Å². The summed E-state index contributed by atoms with van der Waals surface area (Å²) in [6.07, 6.45) is 0.162. The summed E-state index contributed by atoms with van der Waals surface area (Å²) in [5, 5.41) is 2.72. The lowest BCUT2D eigenvalue weighted by Crippen LogP contribution is -2.45. The molecule has 3 aromatic carbocycles. The monoisotopic (exact) mass is 465 g/mol. The zero-order chi connectivity index (χ0) is 24.2. The van der Waals surface area contributed by atoms with Gasteiger partial charge in [-0.15, -0.1) is 0 Å². The summed E-state index contributed by atoms with van der Waals surface area (Å²) < 4.78 is 29.2. The van der Waals surface area contributed by atoms with Crippen LogP contribution in [0.2, 0.25) is 0 Å². The van der Waals surface area contributed by atoms with Gasteiger partial charge in [0.05, 0.1) is 4.90 Å². The number of aryl methyl sites for hydroxylation is 3. The SMILES string of the molecule is Cc1cc(C)c(S(=O)(=O)N[C@@H](Cc2ccccc2)C(=O)Nc2ccc(C(N)=O)cc2)c(C)c1. The lowest BCUT2D eigenvalue weighted by atomic mass is 10.1. The van der Waals surface area contributed by atoms with Gasteiger partial charge in [0, 0.05) is 11.3 Å². The summed E-state index contributed by atoms with van der Waals surface area (Å²) >= 11 is 0. The molecule has 0 unspecified atom stereocenters. The van der Waals surface area contributed by atoms with E-state index in [0.29, 0.717) is 22.4 Å². The number of benzene rings is 3. The standard InChI is InChI=1S/C25H27N3O4S/c1-16-13-17(2)23(18(3)14-16)33(31,32)28-22(15-19-7-5-4-6-8-19)25(30)27-21-11-9-20(10-12-21)24(26)29/h4-14,22,28H,15H2,1-3H3,(H2,26,29)(H,27,30)/t22-/m0/s1. The Morgan fingerprint density at radius 1 is 0.909 bits per heavy atom. The minimum atomic E-state index is -3.98. The Labute approximate surface area is 194 Å². The average molecular weight is 466 g/mol. The van der Waals surface area contributed by atoms with Crippen molar-refractivity contribution in [1.29, 1.82) is 0 Å². The topological polar surface area (TPSA) is 118 Å². The fraction of sp³-hybridized carbons (Fsp3) is 0.200. The average Bonchev–Trinajstić information content (AvgIpc) is 2.73. The quantitative estimate of drug-likeness (QED) is 0.473. The normalized spacial score (nSPS) is 12.2. The number of carbonyl (C=O) groups excluding carboxylic acids is 2. The maximum absolute atomic E-state index is 13.3. The van der Waals surface area contributed by atoms with E-state index < -0.39 is 27.9 Å². The van der Waals surface area contributed by atoms with Crippen molar-refractivity contribution in [3.63, 3.8) is 0 Å². The smallest absolute Gasteiger partial charge is 0.248 e. The van der Waals surface area contributed by atoms with Crippen LogP contribution < -0.4 is 15.8 Å². The van der Waals surface area contributed by atoms with E-state index in [2.05, 4.69) is 10.0 Å². The van der Waals surface area contributed by atoms with Crippen LogP contribution in [0.4, 0.5) is 5.69 Å². The highest BCUT2D eigenvalue weighted by Crippen LogP contribution is 2.22. The first-order valence-electron chi connectivity index (χ1n) is 10.4. The molecule has 0 aromatic heterocycles. The van der Waals surface area contributed by atoms with Crippen LogP contribution >= 0.6 is 0 Å². The molecule has 0 radical (unpaired) electrons. The van der Waals surface area contributed by atoms with E-state index in [1.54, 1.807) is 38.1 Å². The molecule has 172 valence electrons. The van der Waals surface area contributed by atoms with Crippen molar-refractivity contribution in [2.45, 2.75) is 38.1 Å². The van der Waals surface area contributed by atoms with E-state index in [4.69, 9.17) is 5.73 Å². The number of carbonyl (C=O) groups is 2. The Kier molecular flexibility index (Phi) is 7.30. The Hall–Kier alpha value is -3.49. The molecule has 3 aromatic rings. The third-order valence-electron chi connectivity index (χ3n) is 5.21. The number of hydrogen-bond acceptors (Lipinski definition) is 4. The van der Waals surface area contributed by atoms with Crippen molar-refractivity contribution in [3.8, 4) is 0 Å². The second-order valence-corrected chi connectivity index (χ2v) is 9.67. The molecule has 0 heterocycles. The number of amides is 2. The Bertz CT molecular complexity index is 1250. The molecular weight excluding hydrogens is 438 g/mol. The molecule has 3 rings (SSSR count). The zero-order valence-corrected chi connectivity index (χ0v) is 19.6. The summed E-state index contributed by atoms with van der Waals surface area (Å²) in [5.74, 6) is -1.09. The Morgan fingerprint density at radius 3 is 2.03 bits per heavy atom. The Morgan fingerprint density at radius 2 is 1.48 bits per heavy atom. The van der Waals surface area contributed by atoms with Crippen LogP contribution in [0.1, 0.15) is 32.6 Å². The van der Waals surface area contributed by atoms with Gasteiger partial charge in [0.1, 0.15) is 6.04 Å². The molecule has 1 atom stereocenters. The van der Waals surface area contributed by atoms with Gasteiger partial charge in [-0.1, -0.05) is 48.0 Å². The molecule has 7 nitrogen and oxygen atoms in total. The van der Waals surface area contributed by atoms with Gasteiger partial charge in [0.15, 0.2) is 0 Å². The molecule has 0 aliphatic rings. The summed E-state index contributed by atoms with van der Waals surface area (Å²) in [5.41, 5.74) is 8.97. The fourth-order valence-corrected chi connectivity index (χ4v) is 5.47. The van der Waals surface area contributed by atoms with Gasteiger partial charge in [-0.25, -0.2) is 8.42 Å². The number of anilines is 1. The van der Waals surface area contributed by atoms with E-state index in [0.717, 1.165) is 11.1 Å². The van der Waals surface area contributed by atoms with Crippen LogP contribution in [0.5, 0.6) is 0 Å². The van der Waals surface area contributed by atoms with E-state index in [1.165, 1.54) is 12.1 Å². The van der Waals surface area contributed by atoms with E-state index >= 15 is 0 Å². The minimum absolute atomic E-state index is 0.162. The highest BCUT2D eigenvalue weighted by Gasteiger charge is 2.28. The van der Waals surface area contributed by atoms with Crippen molar-refractivity contribution in [3.05, 3.63) is 94.5 Å². The van der Waals surface area contributed by atoms with Crippen LogP contribution in [0, 0.1) is 20.8 Å². The summed E-state index contributed by atoms with van der Waals surface area (Å²) in [4.78, 5) is 24.6. The molecular formula is C25H27N3O4S. The molecule has 33 heavy (non-hydrogen) atoms. The predicted octanol–water partition coefficient (Wildman–Crippen LogP) is 3.24. The van der Waals surface area contributed by atoms with Crippen LogP contribution in [-0.2, 0) is 21.2 Å². The summed E-state index contributed by atoms with van der Waals surface area (Å²) in [6.45, 7) is 5.38. The third kappa shape index (κ3) is 6.06. The largest absolute Gasteiger partial charge is 0.366 e. The second kappa shape index (κ2) is 9.97.